The maximum Gasteiger partial charge on any atom is 0.0540 e. The molecule has 2 aromatic rings. The van der Waals surface area contributed by atoms with Crippen LogP contribution in [0.5, 0.6) is 0 Å². The molecule has 1 atom stereocenters. The van der Waals surface area contributed by atoms with E-state index < -0.39 is 0 Å². The Morgan fingerprint density at radius 3 is 2.75 bits per heavy atom. The number of rotatable bonds is 3. The van der Waals surface area contributed by atoms with E-state index in [0.717, 1.165) is 6.42 Å². The minimum absolute atomic E-state index is 0.392. The molecule has 1 aromatic carbocycles. The van der Waals surface area contributed by atoms with E-state index in [1.807, 2.05) is 0 Å². The SMILES string of the molecule is Cc1cccc(CC(Br)c2sccc2Br)c1. The maximum atomic E-state index is 3.76. The molecule has 2 rings (SSSR count). The molecule has 0 saturated carbocycles. The lowest BCUT2D eigenvalue weighted by atomic mass is 10.1. The molecule has 0 saturated heterocycles. The number of hydrogen-bond donors (Lipinski definition) is 0. The molecule has 0 bridgehead atoms. The van der Waals surface area contributed by atoms with Crippen molar-refractivity contribution in [1.29, 1.82) is 0 Å². The second kappa shape index (κ2) is 5.48. The molecule has 0 radical (unpaired) electrons. The quantitative estimate of drug-likeness (QED) is 0.635. The van der Waals surface area contributed by atoms with Crippen molar-refractivity contribution in [2.75, 3.05) is 0 Å². The zero-order valence-electron chi connectivity index (χ0n) is 8.91. The number of hydrogen-bond acceptors (Lipinski definition) is 1. The van der Waals surface area contributed by atoms with Crippen LogP contribution in [-0.2, 0) is 6.42 Å². The molecule has 0 aliphatic carbocycles. The second-order valence-corrected chi connectivity index (χ2v) is 6.70. The van der Waals surface area contributed by atoms with Crippen LogP contribution in [0.2, 0.25) is 0 Å². The molecule has 0 amide bonds. The maximum absolute atomic E-state index is 3.76. The van der Waals surface area contributed by atoms with Gasteiger partial charge in [-0.05, 0) is 46.3 Å². The monoisotopic (exact) mass is 358 g/mol. The summed E-state index contributed by atoms with van der Waals surface area (Å²) in [5.41, 5.74) is 2.70. The highest BCUT2D eigenvalue weighted by atomic mass is 79.9. The molecule has 84 valence electrons. The Balaban J connectivity index is 2.14. The fraction of sp³-hybridized carbons (Fsp3) is 0.231. The van der Waals surface area contributed by atoms with Crippen LogP contribution in [-0.4, -0.2) is 0 Å². The van der Waals surface area contributed by atoms with Gasteiger partial charge in [-0.3, -0.25) is 0 Å². The molecule has 0 N–H and O–H groups in total. The van der Waals surface area contributed by atoms with Gasteiger partial charge in [-0.15, -0.1) is 11.3 Å². The van der Waals surface area contributed by atoms with Crippen molar-refractivity contribution >= 4 is 43.2 Å². The fourth-order valence-electron chi connectivity index (χ4n) is 1.67. The van der Waals surface area contributed by atoms with Gasteiger partial charge in [-0.25, -0.2) is 0 Å². The molecule has 3 heteroatoms. The summed E-state index contributed by atoms with van der Waals surface area (Å²) in [4.78, 5) is 1.75. The molecule has 0 fully saturated rings. The molecule has 0 spiro atoms. The second-order valence-electron chi connectivity index (χ2n) is 3.79. The van der Waals surface area contributed by atoms with Gasteiger partial charge >= 0.3 is 0 Å². The Kier molecular flexibility index (Phi) is 4.22. The number of aryl methyl sites for hydroxylation is 1. The number of alkyl halides is 1. The van der Waals surface area contributed by atoms with Crippen LogP contribution in [0.1, 0.15) is 20.8 Å². The van der Waals surface area contributed by atoms with Gasteiger partial charge < -0.3 is 0 Å². The summed E-state index contributed by atoms with van der Waals surface area (Å²) in [6.45, 7) is 2.13. The third kappa shape index (κ3) is 2.96. The summed E-state index contributed by atoms with van der Waals surface area (Å²) in [5, 5.41) is 2.12. The minimum Gasteiger partial charge on any atom is -0.147 e. The fourth-order valence-corrected chi connectivity index (χ4v) is 4.55. The largest absolute Gasteiger partial charge is 0.147 e. The van der Waals surface area contributed by atoms with E-state index in [1.165, 1.54) is 20.5 Å². The van der Waals surface area contributed by atoms with Crippen molar-refractivity contribution in [1.82, 2.24) is 0 Å². The zero-order chi connectivity index (χ0) is 11.5. The van der Waals surface area contributed by atoms with Crippen molar-refractivity contribution in [3.63, 3.8) is 0 Å². The molecular weight excluding hydrogens is 348 g/mol. The van der Waals surface area contributed by atoms with Gasteiger partial charge in [0.25, 0.3) is 0 Å². The van der Waals surface area contributed by atoms with Crippen molar-refractivity contribution in [2.45, 2.75) is 18.2 Å². The van der Waals surface area contributed by atoms with E-state index in [0.29, 0.717) is 4.83 Å². The van der Waals surface area contributed by atoms with E-state index >= 15 is 0 Å². The summed E-state index contributed by atoms with van der Waals surface area (Å²) >= 11 is 9.12. The molecular formula is C13H12Br2S. The van der Waals surface area contributed by atoms with Gasteiger partial charge in [0.2, 0.25) is 0 Å². The van der Waals surface area contributed by atoms with Gasteiger partial charge in [0.1, 0.15) is 0 Å². The third-order valence-electron chi connectivity index (χ3n) is 2.43. The lowest BCUT2D eigenvalue weighted by Gasteiger charge is -2.09. The van der Waals surface area contributed by atoms with Gasteiger partial charge in [-0.1, -0.05) is 45.8 Å². The highest BCUT2D eigenvalue weighted by molar-refractivity contribution is 9.11. The van der Waals surface area contributed by atoms with Crippen LogP contribution >= 0.6 is 43.2 Å². The Morgan fingerprint density at radius 2 is 2.12 bits per heavy atom. The summed E-state index contributed by atoms with van der Waals surface area (Å²) < 4.78 is 1.20. The average Bonchev–Trinajstić information content (AvgIpc) is 2.64. The first-order chi connectivity index (χ1) is 7.66. The molecule has 1 unspecified atom stereocenters. The third-order valence-corrected chi connectivity index (χ3v) is 5.50. The van der Waals surface area contributed by atoms with E-state index in [2.05, 4.69) is 74.5 Å². The summed E-state index contributed by atoms with van der Waals surface area (Å²) in [7, 11) is 0. The predicted molar refractivity (Wildman–Crippen MR) is 78.6 cm³/mol. The Hall–Kier alpha value is -0.120. The van der Waals surface area contributed by atoms with Gasteiger partial charge in [0.05, 0.1) is 4.83 Å². The Bertz CT molecular complexity index is 476. The van der Waals surface area contributed by atoms with E-state index in [4.69, 9.17) is 0 Å². The molecule has 0 nitrogen and oxygen atoms in total. The molecule has 0 aliphatic rings. The van der Waals surface area contributed by atoms with Gasteiger partial charge in [0, 0.05) is 9.35 Å². The highest BCUT2D eigenvalue weighted by Crippen LogP contribution is 2.36. The number of benzene rings is 1. The highest BCUT2D eigenvalue weighted by Gasteiger charge is 2.13. The van der Waals surface area contributed by atoms with Crippen LogP contribution in [0, 0.1) is 6.92 Å². The first-order valence-corrected chi connectivity index (χ1v) is 7.68. The summed E-state index contributed by atoms with van der Waals surface area (Å²) in [6.07, 6.45) is 1.03. The van der Waals surface area contributed by atoms with Crippen LogP contribution < -0.4 is 0 Å². The summed E-state index contributed by atoms with van der Waals surface area (Å²) in [5.74, 6) is 0. The van der Waals surface area contributed by atoms with Crippen LogP contribution in [0.3, 0.4) is 0 Å². The Labute approximate surface area is 117 Å². The van der Waals surface area contributed by atoms with Crippen LogP contribution in [0.25, 0.3) is 0 Å². The molecule has 0 aliphatic heterocycles. The average molecular weight is 360 g/mol. The van der Waals surface area contributed by atoms with Crippen molar-refractivity contribution in [2.24, 2.45) is 0 Å². The molecule has 16 heavy (non-hydrogen) atoms. The molecule has 1 aromatic heterocycles. The first-order valence-electron chi connectivity index (χ1n) is 5.09. The van der Waals surface area contributed by atoms with Gasteiger partial charge in [0.15, 0.2) is 0 Å². The van der Waals surface area contributed by atoms with Crippen molar-refractivity contribution in [3.8, 4) is 0 Å². The normalized spacial score (nSPS) is 12.7. The topological polar surface area (TPSA) is 0 Å². The predicted octanol–water partition coefficient (Wildman–Crippen LogP) is 5.50. The van der Waals surface area contributed by atoms with E-state index in [1.54, 1.807) is 11.3 Å². The minimum atomic E-state index is 0.392. The lowest BCUT2D eigenvalue weighted by molar-refractivity contribution is 0.963. The number of thiophene rings is 1. The molecule has 1 heterocycles. The van der Waals surface area contributed by atoms with Crippen molar-refractivity contribution < 1.29 is 0 Å². The van der Waals surface area contributed by atoms with Crippen LogP contribution in [0.4, 0.5) is 0 Å². The summed E-state index contributed by atoms with van der Waals surface area (Å²) in [6, 6.07) is 10.8. The van der Waals surface area contributed by atoms with E-state index in [-0.39, 0.29) is 0 Å². The van der Waals surface area contributed by atoms with Crippen molar-refractivity contribution in [3.05, 3.63) is 56.2 Å². The number of halogens is 2. The zero-order valence-corrected chi connectivity index (χ0v) is 12.9. The Morgan fingerprint density at radius 1 is 1.31 bits per heavy atom. The lowest BCUT2D eigenvalue weighted by Crippen LogP contribution is -1.94. The first kappa shape index (κ1) is 12.3. The van der Waals surface area contributed by atoms with E-state index in [9.17, 15) is 0 Å². The van der Waals surface area contributed by atoms with Crippen LogP contribution in [0.15, 0.2) is 40.2 Å². The standard InChI is InChI=1S/C13H12Br2S/c1-9-3-2-4-10(7-9)8-12(15)13-11(14)5-6-16-13/h2-7,12H,8H2,1H3. The smallest absolute Gasteiger partial charge is 0.0540 e. The van der Waals surface area contributed by atoms with Gasteiger partial charge in [-0.2, -0.15) is 0 Å².